The number of nitrogens with zero attached hydrogens (tertiary/aromatic N) is 1. The zero-order chi connectivity index (χ0) is 17.3. The average molecular weight is 358 g/mol. The highest BCUT2D eigenvalue weighted by molar-refractivity contribution is 7.98. The Hall–Kier alpha value is -1.35. The summed E-state index contributed by atoms with van der Waals surface area (Å²) in [7, 11) is -0.938. The summed E-state index contributed by atoms with van der Waals surface area (Å²) in [6.45, 7) is 0. The lowest BCUT2D eigenvalue weighted by Crippen LogP contribution is -2.46. The van der Waals surface area contributed by atoms with Crippen molar-refractivity contribution in [3.63, 3.8) is 0 Å². The van der Waals surface area contributed by atoms with Crippen molar-refractivity contribution in [2.75, 3.05) is 26.2 Å². The quantitative estimate of drug-likeness (QED) is 0.680. The van der Waals surface area contributed by atoms with Crippen molar-refractivity contribution in [1.82, 2.24) is 9.79 Å². The molecule has 0 saturated carbocycles. The minimum Gasteiger partial charge on any atom is -0.275 e. The van der Waals surface area contributed by atoms with Crippen LogP contribution >= 0.6 is 11.8 Å². The summed E-state index contributed by atoms with van der Waals surface area (Å²) in [6.07, 6.45) is 3.76. The zero-order valence-electron chi connectivity index (χ0n) is 13.4. The number of hydrogen-bond donors (Lipinski definition) is 1. The van der Waals surface area contributed by atoms with Crippen molar-refractivity contribution in [3.05, 3.63) is 41.3 Å². The molecule has 0 radical (unpaired) electrons. The van der Waals surface area contributed by atoms with Gasteiger partial charge in [0, 0.05) is 12.5 Å². The summed E-state index contributed by atoms with van der Waals surface area (Å²) in [6, 6.07) is 8.21. The summed E-state index contributed by atoms with van der Waals surface area (Å²) < 4.78 is 26.8. The first-order valence-electron chi connectivity index (χ1n) is 6.95. The van der Waals surface area contributed by atoms with E-state index in [0.717, 1.165) is 16.0 Å². The van der Waals surface area contributed by atoms with Gasteiger partial charge in [0.15, 0.2) is 0 Å². The average Bonchev–Trinajstić information content (AvgIpc) is 2.56. The molecule has 8 heteroatoms. The summed E-state index contributed by atoms with van der Waals surface area (Å²) in [4.78, 5) is 17.0. The van der Waals surface area contributed by atoms with Crippen LogP contribution in [0.1, 0.15) is 12.0 Å². The molecule has 6 nitrogen and oxygen atoms in total. The number of benzene rings is 1. The zero-order valence-corrected chi connectivity index (χ0v) is 15.1. The van der Waals surface area contributed by atoms with Crippen molar-refractivity contribution >= 4 is 33.8 Å². The molecule has 0 aliphatic heterocycles. The Balaban J connectivity index is 2.83. The van der Waals surface area contributed by atoms with Crippen molar-refractivity contribution < 1.29 is 18.0 Å². The molecule has 0 aromatic heterocycles. The molecule has 1 rings (SSSR count). The molecule has 1 aromatic rings. The van der Waals surface area contributed by atoms with E-state index in [4.69, 9.17) is 4.84 Å². The third-order valence-corrected chi connectivity index (χ3v) is 4.79. The molecule has 1 unspecified atom stereocenters. The Morgan fingerprint density at radius 1 is 1.39 bits per heavy atom. The second-order valence-corrected chi connectivity index (χ2v) is 7.31. The van der Waals surface area contributed by atoms with E-state index in [1.807, 2.05) is 24.5 Å². The molecule has 0 fully saturated rings. The molecule has 0 heterocycles. The molecule has 1 N–H and O–H groups in total. The maximum atomic E-state index is 12.2. The predicted molar refractivity (Wildman–Crippen MR) is 94.1 cm³/mol. The number of sulfonamides is 1. The highest BCUT2D eigenvalue weighted by atomic mass is 32.2. The minimum absolute atomic E-state index is 0.381. The van der Waals surface area contributed by atoms with E-state index < -0.39 is 22.0 Å². The van der Waals surface area contributed by atoms with E-state index in [1.165, 1.54) is 32.0 Å². The fourth-order valence-corrected chi connectivity index (χ4v) is 3.25. The number of rotatable bonds is 9. The summed E-state index contributed by atoms with van der Waals surface area (Å²) in [5.74, 6) is 0.219. The van der Waals surface area contributed by atoms with Crippen molar-refractivity contribution in [2.24, 2.45) is 0 Å². The van der Waals surface area contributed by atoms with Gasteiger partial charge in [0.2, 0.25) is 10.0 Å². The van der Waals surface area contributed by atoms with Crippen LogP contribution in [-0.2, 0) is 19.7 Å². The Morgan fingerprint density at radius 2 is 2.04 bits per heavy atom. The highest BCUT2D eigenvalue weighted by Crippen LogP contribution is 2.08. The molecular formula is C15H22N2O4S2. The lowest BCUT2D eigenvalue weighted by atomic mass is 10.2. The Morgan fingerprint density at radius 3 is 2.61 bits per heavy atom. The second kappa shape index (κ2) is 9.71. The summed E-state index contributed by atoms with van der Waals surface area (Å²) in [5.41, 5.74) is 0.763. The number of nitrogens with one attached hydrogen (secondary N) is 1. The van der Waals surface area contributed by atoms with Crippen LogP contribution in [0.4, 0.5) is 0 Å². The van der Waals surface area contributed by atoms with Gasteiger partial charge in [0.25, 0.3) is 5.91 Å². The number of hydroxylamine groups is 2. The fraction of sp³-hybridized carbons (Fsp3) is 0.400. The standard InChI is InChI=1S/C15H22N2O4S2/c1-17(21-2)15(18)14(9-11-22-3)16-23(19,20)12-10-13-7-5-4-6-8-13/h4-8,10,12,14,16H,9,11H2,1-3H3. The lowest BCUT2D eigenvalue weighted by Gasteiger charge is -2.21. The van der Waals surface area contributed by atoms with E-state index in [9.17, 15) is 13.2 Å². The topological polar surface area (TPSA) is 75.7 Å². The van der Waals surface area contributed by atoms with Crippen LogP contribution in [0.25, 0.3) is 6.08 Å². The Labute approximate surface area is 141 Å². The number of carbonyl (C=O) groups excluding carboxylic acids is 1. The van der Waals surface area contributed by atoms with Crippen LogP contribution in [0, 0.1) is 0 Å². The van der Waals surface area contributed by atoms with Crippen molar-refractivity contribution in [3.8, 4) is 0 Å². The first kappa shape index (κ1) is 19.7. The van der Waals surface area contributed by atoms with E-state index in [1.54, 1.807) is 12.1 Å². The Kier molecular flexibility index (Phi) is 8.32. The predicted octanol–water partition coefficient (Wildman–Crippen LogP) is 1.72. The van der Waals surface area contributed by atoms with E-state index in [2.05, 4.69) is 4.72 Å². The highest BCUT2D eigenvalue weighted by Gasteiger charge is 2.25. The van der Waals surface area contributed by atoms with Crippen LogP contribution in [-0.4, -0.2) is 51.6 Å². The van der Waals surface area contributed by atoms with Crippen LogP contribution in [0.5, 0.6) is 0 Å². The first-order chi connectivity index (χ1) is 10.9. The molecule has 128 valence electrons. The maximum Gasteiger partial charge on any atom is 0.264 e. The molecule has 1 atom stereocenters. The summed E-state index contributed by atoms with van der Waals surface area (Å²) >= 11 is 1.54. The van der Waals surface area contributed by atoms with Gasteiger partial charge in [0.05, 0.1) is 7.11 Å². The third-order valence-electron chi connectivity index (χ3n) is 3.04. The van der Waals surface area contributed by atoms with Crippen LogP contribution in [0.3, 0.4) is 0 Å². The number of carbonyl (C=O) groups is 1. The van der Waals surface area contributed by atoms with Crippen LogP contribution in [0.15, 0.2) is 35.7 Å². The second-order valence-electron chi connectivity index (χ2n) is 4.73. The molecule has 1 amide bonds. The number of amides is 1. The third kappa shape index (κ3) is 7.17. The van der Waals surface area contributed by atoms with Gasteiger partial charge in [-0.1, -0.05) is 30.3 Å². The molecule has 23 heavy (non-hydrogen) atoms. The first-order valence-corrected chi connectivity index (χ1v) is 9.89. The largest absolute Gasteiger partial charge is 0.275 e. The Bertz CT molecular complexity index is 618. The van der Waals surface area contributed by atoms with Gasteiger partial charge in [0.1, 0.15) is 6.04 Å². The number of likely N-dealkylation sites (N-methyl/N-ethyl adjacent to an activating group) is 1. The van der Waals surface area contributed by atoms with Gasteiger partial charge >= 0.3 is 0 Å². The van der Waals surface area contributed by atoms with E-state index in [-0.39, 0.29) is 0 Å². The monoisotopic (exact) mass is 358 g/mol. The van der Waals surface area contributed by atoms with Gasteiger partial charge in [-0.25, -0.2) is 13.5 Å². The smallest absolute Gasteiger partial charge is 0.264 e. The van der Waals surface area contributed by atoms with Crippen molar-refractivity contribution in [2.45, 2.75) is 12.5 Å². The van der Waals surface area contributed by atoms with Crippen molar-refractivity contribution in [1.29, 1.82) is 0 Å². The molecule has 0 aliphatic rings. The molecular weight excluding hydrogens is 336 g/mol. The van der Waals surface area contributed by atoms with Gasteiger partial charge < -0.3 is 0 Å². The molecule has 1 aromatic carbocycles. The SMILES string of the molecule is CON(C)C(=O)C(CCSC)NS(=O)(=O)C=Cc1ccccc1. The molecule has 0 saturated heterocycles. The van der Waals surface area contributed by atoms with Gasteiger partial charge in [-0.15, -0.1) is 0 Å². The maximum absolute atomic E-state index is 12.2. The van der Waals surface area contributed by atoms with Gasteiger partial charge in [-0.05, 0) is 30.1 Å². The minimum atomic E-state index is -3.74. The normalized spacial score (nSPS) is 13.2. The molecule has 0 aliphatic carbocycles. The van der Waals surface area contributed by atoms with Crippen LogP contribution in [0.2, 0.25) is 0 Å². The number of hydrogen-bond acceptors (Lipinski definition) is 5. The molecule has 0 bridgehead atoms. The van der Waals surface area contributed by atoms with E-state index >= 15 is 0 Å². The lowest BCUT2D eigenvalue weighted by molar-refractivity contribution is -0.170. The van der Waals surface area contributed by atoms with E-state index in [0.29, 0.717) is 12.2 Å². The number of thioether (sulfide) groups is 1. The van der Waals surface area contributed by atoms with Gasteiger partial charge in [-0.3, -0.25) is 9.63 Å². The fourth-order valence-electron chi connectivity index (χ4n) is 1.75. The molecule has 0 spiro atoms. The van der Waals surface area contributed by atoms with Crippen LogP contribution < -0.4 is 4.72 Å². The van der Waals surface area contributed by atoms with Gasteiger partial charge in [-0.2, -0.15) is 16.5 Å². The summed E-state index contributed by atoms with van der Waals surface area (Å²) in [5, 5.41) is 2.09.